The number of carbonyl (C=O) groups is 1. The van der Waals surface area contributed by atoms with Crippen molar-refractivity contribution in [2.45, 2.75) is 6.92 Å². The highest BCUT2D eigenvalue weighted by atomic mass is 79.9. The van der Waals surface area contributed by atoms with Gasteiger partial charge in [-0.05, 0) is 18.2 Å². The van der Waals surface area contributed by atoms with Gasteiger partial charge in [-0.3, -0.25) is 4.79 Å². The first-order chi connectivity index (χ1) is 9.61. The van der Waals surface area contributed by atoms with Crippen molar-refractivity contribution in [3.63, 3.8) is 0 Å². The monoisotopic (exact) mass is 341 g/mol. The fourth-order valence-electron chi connectivity index (χ4n) is 2.05. The minimum atomic E-state index is -0.202. The van der Waals surface area contributed by atoms with Crippen LogP contribution in [0.25, 0.3) is 0 Å². The largest absolute Gasteiger partial charge is 0.378 e. The second kappa shape index (κ2) is 7.06. The standard InChI is InChI=1S/C14H20BrN3O2/c1-10(9-16)14(19)17-12-8-11(15)2-3-13(12)18-4-6-20-7-5-18/h2-3,8,10H,4-7,9,16H2,1H3,(H,17,19). The summed E-state index contributed by atoms with van der Waals surface area (Å²) >= 11 is 3.45. The molecular weight excluding hydrogens is 322 g/mol. The Kier molecular flexibility index (Phi) is 5.39. The van der Waals surface area contributed by atoms with E-state index in [1.165, 1.54) is 0 Å². The third-order valence-corrected chi connectivity index (χ3v) is 3.86. The van der Waals surface area contributed by atoms with Crippen molar-refractivity contribution < 1.29 is 9.53 Å². The van der Waals surface area contributed by atoms with Crippen LogP contribution in [0.3, 0.4) is 0 Å². The van der Waals surface area contributed by atoms with Crippen molar-refractivity contribution in [1.82, 2.24) is 0 Å². The SMILES string of the molecule is CC(CN)C(=O)Nc1cc(Br)ccc1N1CCOCC1. The van der Waals surface area contributed by atoms with Gasteiger partial charge in [0.2, 0.25) is 5.91 Å². The number of rotatable bonds is 4. The van der Waals surface area contributed by atoms with Crippen molar-refractivity contribution >= 4 is 33.2 Å². The average molecular weight is 342 g/mol. The van der Waals surface area contributed by atoms with E-state index < -0.39 is 0 Å². The number of nitrogens with zero attached hydrogens (tertiary/aromatic N) is 1. The van der Waals surface area contributed by atoms with E-state index in [1.54, 1.807) is 0 Å². The van der Waals surface area contributed by atoms with Crippen LogP contribution in [-0.4, -0.2) is 38.8 Å². The highest BCUT2D eigenvalue weighted by molar-refractivity contribution is 9.10. The molecule has 1 aromatic rings. The van der Waals surface area contributed by atoms with Crippen LogP contribution >= 0.6 is 15.9 Å². The van der Waals surface area contributed by atoms with Gasteiger partial charge in [0.15, 0.2) is 0 Å². The molecule has 1 aromatic carbocycles. The van der Waals surface area contributed by atoms with E-state index in [2.05, 4.69) is 26.1 Å². The maximum Gasteiger partial charge on any atom is 0.228 e. The van der Waals surface area contributed by atoms with E-state index >= 15 is 0 Å². The highest BCUT2D eigenvalue weighted by Gasteiger charge is 2.18. The topological polar surface area (TPSA) is 67.6 Å². The Hall–Kier alpha value is -1.11. The first-order valence-corrected chi connectivity index (χ1v) is 7.54. The number of ether oxygens (including phenoxy) is 1. The van der Waals surface area contributed by atoms with Crippen LogP contribution in [0.1, 0.15) is 6.92 Å². The smallest absolute Gasteiger partial charge is 0.228 e. The minimum Gasteiger partial charge on any atom is -0.378 e. The number of hydrogen-bond donors (Lipinski definition) is 2. The number of hydrogen-bond acceptors (Lipinski definition) is 4. The Labute approximate surface area is 127 Å². The summed E-state index contributed by atoms with van der Waals surface area (Å²) in [4.78, 5) is 14.3. The fraction of sp³-hybridized carbons (Fsp3) is 0.500. The summed E-state index contributed by atoms with van der Waals surface area (Å²) < 4.78 is 6.30. The first kappa shape index (κ1) is 15.3. The summed E-state index contributed by atoms with van der Waals surface area (Å²) in [6.07, 6.45) is 0. The zero-order chi connectivity index (χ0) is 14.5. The Balaban J connectivity index is 2.21. The molecule has 2 rings (SSSR count). The molecule has 0 aromatic heterocycles. The zero-order valence-electron chi connectivity index (χ0n) is 11.6. The highest BCUT2D eigenvalue weighted by Crippen LogP contribution is 2.30. The van der Waals surface area contributed by atoms with Gasteiger partial charge in [-0.25, -0.2) is 0 Å². The molecule has 5 nitrogen and oxygen atoms in total. The van der Waals surface area contributed by atoms with E-state index in [1.807, 2.05) is 25.1 Å². The lowest BCUT2D eigenvalue weighted by Gasteiger charge is -2.30. The van der Waals surface area contributed by atoms with Gasteiger partial charge in [0.05, 0.1) is 24.6 Å². The number of nitrogens with one attached hydrogen (secondary N) is 1. The van der Waals surface area contributed by atoms with Crippen LogP contribution in [-0.2, 0) is 9.53 Å². The van der Waals surface area contributed by atoms with Gasteiger partial charge in [0, 0.05) is 30.0 Å². The van der Waals surface area contributed by atoms with Gasteiger partial charge >= 0.3 is 0 Å². The molecule has 3 N–H and O–H groups in total. The molecule has 0 radical (unpaired) electrons. The van der Waals surface area contributed by atoms with Gasteiger partial charge < -0.3 is 20.7 Å². The summed E-state index contributed by atoms with van der Waals surface area (Å²) in [5.74, 6) is -0.258. The maximum absolute atomic E-state index is 12.0. The number of amides is 1. The molecule has 20 heavy (non-hydrogen) atoms. The Morgan fingerprint density at radius 2 is 2.20 bits per heavy atom. The van der Waals surface area contributed by atoms with E-state index in [9.17, 15) is 4.79 Å². The zero-order valence-corrected chi connectivity index (χ0v) is 13.1. The molecule has 1 aliphatic heterocycles. The Morgan fingerprint density at radius 3 is 2.85 bits per heavy atom. The van der Waals surface area contributed by atoms with Crippen LogP contribution in [0, 0.1) is 5.92 Å². The van der Waals surface area contributed by atoms with Crippen LogP contribution in [0.2, 0.25) is 0 Å². The number of benzene rings is 1. The second-order valence-corrected chi connectivity index (χ2v) is 5.80. The molecule has 0 bridgehead atoms. The summed E-state index contributed by atoms with van der Waals surface area (Å²) in [6, 6.07) is 5.91. The van der Waals surface area contributed by atoms with Crippen molar-refractivity contribution in [3.05, 3.63) is 22.7 Å². The molecule has 1 saturated heterocycles. The first-order valence-electron chi connectivity index (χ1n) is 6.75. The number of halogens is 1. The number of nitrogens with two attached hydrogens (primary N) is 1. The summed E-state index contributed by atoms with van der Waals surface area (Å²) in [5, 5.41) is 2.97. The third kappa shape index (κ3) is 3.71. The van der Waals surface area contributed by atoms with Gasteiger partial charge in [-0.1, -0.05) is 22.9 Å². The molecule has 6 heteroatoms. The van der Waals surface area contributed by atoms with Gasteiger partial charge in [-0.2, -0.15) is 0 Å². The molecule has 0 aliphatic carbocycles. The normalized spacial score (nSPS) is 16.9. The van der Waals surface area contributed by atoms with Crippen molar-refractivity contribution in [2.24, 2.45) is 11.7 Å². The minimum absolute atomic E-state index is 0.0555. The quantitative estimate of drug-likeness (QED) is 0.876. The van der Waals surface area contributed by atoms with Gasteiger partial charge in [-0.15, -0.1) is 0 Å². The van der Waals surface area contributed by atoms with Gasteiger partial charge in [0.1, 0.15) is 0 Å². The fourth-order valence-corrected chi connectivity index (χ4v) is 2.41. The molecular formula is C14H20BrN3O2. The lowest BCUT2D eigenvalue weighted by Crippen LogP contribution is -2.37. The number of morpholine rings is 1. The summed E-state index contributed by atoms with van der Waals surface area (Å²) in [7, 11) is 0. The number of anilines is 2. The van der Waals surface area contributed by atoms with Gasteiger partial charge in [0.25, 0.3) is 0 Å². The molecule has 1 atom stereocenters. The van der Waals surface area contributed by atoms with Crippen molar-refractivity contribution in [3.8, 4) is 0 Å². The van der Waals surface area contributed by atoms with Crippen molar-refractivity contribution in [1.29, 1.82) is 0 Å². The van der Waals surface area contributed by atoms with Crippen LogP contribution in [0.15, 0.2) is 22.7 Å². The van der Waals surface area contributed by atoms with E-state index in [4.69, 9.17) is 10.5 Å². The molecule has 1 amide bonds. The molecule has 0 saturated carbocycles. The predicted molar refractivity (Wildman–Crippen MR) is 84.0 cm³/mol. The van der Waals surface area contributed by atoms with Crippen LogP contribution < -0.4 is 16.0 Å². The molecule has 1 heterocycles. The maximum atomic E-state index is 12.0. The predicted octanol–water partition coefficient (Wildman–Crippen LogP) is 1.82. The van der Waals surface area contributed by atoms with Crippen LogP contribution in [0.4, 0.5) is 11.4 Å². The number of carbonyl (C=O) groups excluding carboxylic acids is 1. The average Bonchev–Trinajstić information content (AvgIpc) is 2.47. The Bertz CT molecular complexity index is 475. The lowest BCUT2D eigenvalue weighted by molar-refractivity contribution is -0.119. The molecule has 1 unspecified atom stereocenters. The molecule has 1 fully saturated rings. The van der Waals surface area contributed by atoms with E-state index in [0.717, 1.165) is 28.9 Å². The summed E-state index contributed by atoms with van der Waals surface area (Å²) in [6.45, 7) is 5.24. The third-order valence-electron chi connectivity index (χ3n) is 3.37. The molecule has 0 spiro atoms. The lowest BCUT2D eigenvalue weighted by atomic mass is 10.1. The summed E-state index contributed by atoms with van der Waals surface area (Å²) in [5.41, 5.74) is 7.37. The van der Waals surface area contributed by atoms with E-state index in [-0.39, 0.29) is 11.8 Å². The van der Waals surface area contributed by atoms with Crippen molar-refractivity contribution in [2.75, 3.05) is 43.1 Å². The second-order valence-electron chi connectivity index (χ2n) is 4.89. The molecule has 1 aliphatic rings. The van der Waals surface area contributed by atoms with Crippen LogP contribution in [0.5, 0.6) is 0 Å². The Morgan fingerprint density at radius 1 is 1.50 bits per heavy atom. The van der Waals surface area contributed by atoms with E-state index in [0.29, 0.717) is 19.8 Å². The molecule has 110 valence electrons.